The number of hydrogen-bond donors (Lipinski definition) is 5. The summed E-state index contributed by atoms with van der Waals surface area (Å²) in [7, 11) is 0. The number of hydrogen-bond acceptors (Lipinski definition) is 16. The van der Waals surface area contributed by atoms with Gasteiger partial charge < -0.3 is 58.7 Å². The fraction of sp³-hybridized carbons (Fsp3) is 0.619. The van der Waals surface area contributed by atoms with E-state index in [9.17, 15) is 39.9 Å². The molecule has 14 unspecified atom stereocenters. The standard InChI is InChI=1S/C63H80O16/c1-58(2)42-23-26-63(7)52(41(64)31-39-40-32-60(4,28-27-59(40,3)29-30-62(39,63)6)57(72)75-35-38-21-15-10-16-22-38)61(42,5)25-24-43(58)76-56-51(47(68)46(67)50(78-56)54(71)74-34-37-19-13-9-14-20-37)79-55-48(69)44(65)45(66)49(77-55)53(70)73-33-36-17-11-8-12-18-36/h8-22,31,40,42-52,55-56,65-69H,23-30,32-35H2,1-7H3/t40?,42?,43?,44?,45?,46?,47?,48?,49?,50?,51?,52?,55?,56?,59-,60+,61+,62-,63-/m1/s1. The van der Waals surface area contributed by atoms with Gasteiger partial charge in [0.1, 0.15) is 56.4 Å². The molecule has 0 aromatic heterocycles. The van der Waals surface area contributed by atoms with Crippen LogP contribution >= 0.6 is 0 Å². The van der Waals surface area contributed by atoms with Crippen molar-refractivity contribution in [1.82, 2.24) is 0 Å². The molecule has 5 N–H and O–H groups in total. The van der Waals surface area contributed by atoms with Crippen LogP contribution in [-0.4, -0.2) is 117 Å². The van der Waals surface area contributed by atoms with E-state index in [1.165, 1.54) is 5.57 Å². The van der Waals surface area contributed by atoms with E-state index in [1.54, 1.807) is 54.6 Å². The van der Waals surface area contributed by atoms with Crippen LogP contribution in [0.15, 0.2) is 103 Å². The number of fused-ring (bicyclic) bond motifs is 7. The first-order chi connectivity index (χ1) is 37.4. The van der Waals surface area contributed by atoms with E-state index in [0.717, 1.165) is 44.1 Å². The van der Waals surface area contributed by atoms with Crippen LogP contribution in [0.5, 0.6) is 0 Å². The van der Waals surface area contributed by atoms with Gasteiger partial charge in [-0.25, -0.2) is 9.59 Å². The van der Waals surface area contributed by atoms with Crippen LogP contribution in [0.2, 0.25) is 0 Å². The van der Waals surface area contributed by atoms with Crippen molar-refractivity contribution in [3.8, 4) is 0 Å². The van der Waals surface area contributed by atoms with E-state index in [2.05, 4.69) is 41.5 Å². The highest BCUT2D eigenvalue weighted by molar-refractivity contribution is 5.95. The number of rotatable bonds is 13. The summed E-state index contributed by atoms with van der Waals surface area (Å²) in [5.41, 5.74) is 0.683. The molecule has 0 radical (unpaired) electrons. The summed E-state index contributed by atoms with van der Waals surface area (Å²) in [4.78, 5) is 56.7. The molecule has 5 aliphatic carbocycles. The van der Waals surface area contributed by atoms with E-state index < -0.39 is 101 Å². The van der Waals surface area contributed by atoms with Crippen LogP contribution < -0.4 is 0 Å². The van der Waals surface area contributed by atoms with E-state index in [-0.39, 0.29) is 60.2 Å². The van der Waals surface area contributed by atoms with Gasteiger partial charge in [0.25, 0.3) is 0 Å². The Morgan fingerprint density at radius 3 is 1.66 bits per heavy atom. The number of carbonyl (C=O) groups is 4. The normalized spacial score (nSPS) is 41.5. The number of aliphatic hydroxyl groups is 5. The molecule has 2 saturated heterocycles. The lowest BCUT2D eigenvalue weighted by Gasteiger charge is -2.70. The first kappa shape index (κ1) is 57.4. The van der Waals surface area contributed by atoms with Crippen molar-refractivity contribution in [3.05, 3.63) is 119 Å². The summed E-state index contributed by atoms with van der Waals surface area (Å²) >= 11 is 0. The monoisotopic (exact) mass is 1090 g/mol. The number of ether oxygens (including phenoxy) is 7. The van der Waals surface area contributed by atoms with Gasteiger partial charge in [-0.15, -0.1) is 0 Å². The van der Waals surface area contributed by atoms with Crippen molar-refractivity contribution >= 4 is 23.7 Å². The smallest absolute Gasteiger partial charge is 0.338 e. The lowest BCUT2D eigenvalue weighted by Crippen LogP contribution is -2.68. The Balaban J connectivity index is 0.901. The van der Waals surface area contributed by atoms with Crippen LogP contribution in [-0.2, 0) is 72.2 Å². The van der Waals surface area contributed by atoms with E-state index in [4.69, 9.17) is 33.2 Å². The van der Waals surface area contributed by atoms with E-state index in [1.807, 2.05) is 49.4 Å². The lowest BCUT2D eigenvalue weighted by molar-refractivity contribution is -0.372. The van der Waals surface area contributed by atoms with Gasteiger partial charge in [0.15, 0.2) is 30.6 Å². The zero-order valence-electron chi connectivity index (χ0n) is 46.5. The predicted octanol–water partition coefficient (Wildman–Crippen LogP) is 7.22. The SMILES string of the molecule is CC1(C)C(OC2OC(C(=O)OCc3ccccc3)C(O)C(O)C2OC2OC(C(=O)OCc3ccccc3)C(O)C(O)C2O)CC[C@@]2(C)C1CC[C@]1(C)C2C(=O)C=C2C3C[C@@](C)(C(=O)OCc4ccccc4)CC[C@]3(C)CC[C@]21C. The highest BCUT2D eigenvalue weighted by Gasteiger charge is 2.71. The molecular formula is C63H80O16. The average Bonchev–Trinajstić information content (AvgIpc) is 1.92. The maximum Gasteiger partial charge on any atom is 0.338 e. The second kappa shape index (κ2) is 21.8. The van der Waals surface area contributed by atoms with Crippen LogP contribution in [0, 0.1) is 50.2 Å². The summed E-state index contributed by atoms with van der Waals surface area (Å²) in [6.07, 6.45) is -10.8. The molecule has 19 atom stereocenters. The van der Waals surface area contributed by atoms with Crippen LogP contribution in [0.3, 0.4) is 0 Å². The number of aliphatic hydroxyl groups excluding tert-OH is 5. The summed E-state index contributed by atoms with van der Waals surface area (Å²) in [6.45, 7) is 15.4. The highest BCUT2D eigenvalue weighted by atomic mass is 16.8. The van der Waals surface area contributed by atoms with Crippen molar-refractivity contribution in [2.75, 3.05) is 0 Å². The van der Waals surface area contributed by atoms with Crippen LogP contribution in [0.25, 0.3) is 0 Å². The summed E-state index contributed by atoms with van der Waals surface area (Å²) in [6, 6.07) is 27.4. The number of benzene rings is 3. The Morgan fingerprint density at radius 2 is 1.09 bits per heavy atom. The van der Waals surface area contributed by atoms with Crippen molar-refractivity contribution in [2.45, 2.75) is 194 Å². The third-order valence-electron chi connectivity index (χ3n) is 20.8. The molecule has 10 rings (SSSR count). The van der Waals surface area contributed by atoms with Crippen molar-refractivity contribution in [2.24, 2.45) is 50.2 Å². The molecule has 2 aliphatic heterocycles. The summed E-state index contributed by atoms with van der Waals surface area (Å²) < 4.78 is 42.3. The predicted molar refractivity (Wildman–Crippen MR) is 285 cm³/mol. The Kier molecular flexibility index (Phi) is 15.8. The van der Waals surface area contributed by atoms with Gasteiger partial charge >= 0.3 is 17.9 Å². The lowest BCUT2D eigenvalue weighted by atomic mass is 9.33. The van der Waals surface area contributed by atoms with Gasteiger partial charge in [-0.2, -0.15) is 0 Å². The Labute approximate surface area is 463 Å². The Hall–Kier alpha value is -4.88. The van der Waals surface area contributed by atoms with Gasteiger partial charge in [-0.1, -0.05) is 138 Å². The molecule has 4 saturated carbocycles. The molecule has 79 heavy (non-hydrogen) atoms. The molecule has 428 valence electrons. The Bertz CT molecular complexity index is 2740. The summed E-state index contributed by atoms with van der Waals surface area (Å²) in [5, 5.41) is 56.9. The fourth-order valence-electron chi connectivity index (χ4n) is 15.9. The zero-order valence-corrected chi connectivity index (χ0v) is 46.5. The molecule has 3 aromatic rings. The number of esters is 3. The molecular weight excluding hydrogens is 1010 g/mol. The van der Waals surface area contributed by atoms with Crippen molar-refractivity contribution in [1.29, 1.82) is 0 Å². The van der Waals surface area contributed by atoms with E-state index >= 15 is 4.79 Å². The molecule has 0 spiro atoms. The minimum absolute atomic E-state index is 0.0221. The maximum atomic E-state index is 15.4. The molecule has 16 nitrogen and oxygen atoms in total. The molecule has 6 fully saturated rings. The van der Waals surface area contributed by atoms with Gasteiger partial charge in [0, 0.05) is 5.92 Å². The number of carbonyl (C=O) groups excluding carboxylic acids is 4. The van der Waals surface area contributed by atoms with Gasteiger partial charge in [-0.05, 0) is 126 Å². The van der Waals surface area contributed by atoms with Gasteiger partial charge in [0.2, 0.25) is 0 Å². The van der Waals surface area contributed by atoms with Gasteiger partial charge in [-0.3, -0.25) is 9.59 Å². The molecule has 3 aromatic carbocycles. The topological polar surface area (TPSA) is 234 Å². The first-order valence-corrected chi connectivity index (χ1v) is 28.3. The molecule has 0 bridgehead atoms. The minimum Gasteiger partial charge on any atom is -0.460 e. The van der Waals surface area contributed by atoms with Crippen LogP contribution in [0.1, 0.15) is 123 Å². The second-order valence-corrected chi connectivity index (χ2v) is 25.9. The first-order valence-electron chi connectivity index (χ1n) is 28.3. The molecule has 0 amide bonds. The number of ketones is 1. The molecule has 16 heteroatoms. The third-order valence-corrected chi connectivity index (χ3v) is 20.8. The molecule has 2 heterocycles. The summed E-state index contributed by atoms with van der Waals surface area (Å²) in [5.74, 6) is -2.54. The molecule has 7 aliphatic rings. The third kappa shape index (κ3) is 10.2. The quantitative estimate of drug-likeness (QED) is 0.0646. The number of allylic oxidation sites excluding steroid dienone is 2. The zero-order chi connectivity index (χ0) is 56.5. The largest absolute Gasteiger partial charge is 0.460 e. The van der Waals surface area contributed by atoms with Gasteiger partial charge in [0.05, 0.1) is 11.5 Å². The fourth-order valence-corrected chi connectivity index (χ4v) is 15.9. The van der Waals surface area contributed by atoms with E-state index in [0.29, 0.717) is 30.4 Å². The maximum absolute atomic E-state index is 15.4. The minimum atomic E-state index is -1.99. The average molecular weight is 1090 g/mol. The van der Waals surface area contributed by atoms with Crippen molar-refractivity contribution < 1.29 is 77.9 Å². The van der Waals surface area contributed by atoms with Crippen molar-refractivity contribution in [3.63, 3.8) is 0 Å². The second-order valence-electron chi connectivity index (χ2n) is 25.9. The van der Waals surface area contributed by atoms with Crippen LogP contribution in [0.4, 0.5) is 0 Å². The highest BCUT2D eigenvalue weighted by Crippen LogP contribution is 2.75. The Morgan fingerprint density at radius 1 is 0.570 bits per heavy atom.